The average molecular weight is 312 g/mol. The normalized spacial score (nSPS) is 19.3. The summed E-state index contributed by atoms with van der Waals surface area (Å²) in [5.41, 5.74) is 0.821. The van der Waals surface area contributed by atoms with Gasteiger partial charge in [0.05, 0.1) is 11.5 Å². The highest BCUT2D eigenvalue weighted by atomic mass is 32.2. The molecule has 1 N–H and O–H groups in total. The Hall–Kier alpha value is -1.60. The molecule has 1 aliphatic rings. The van der Waals surface area contributed by atoms with Gasteiger partial charge in [0.15, 0.2) is 9.84 Å². The first-order valence-electron chi connectivity index (χ1n) is 6.87. The highest BCUT2D eigenvalue weighted by Gasteiger charge is 2.30. The molecule has 1 fully saturated rings. The van der Waals surface area contributed by atoms with Crippen molar-refractivity contribution in [3.8, 4) is 0 Å². The molecule has 0 spiro atoms. The Morgan fingerprint density at radius 1 is 1.38 bits per heavy atom. The van der Waals surface area contributed by atoms with E-state index in [1.165, 1.54) is 6.26 Å². The summed E-state index contributed by atoms with van der Waals surface area (Å²) in [5.74, 6) is -0.267. The number of esters is 1. The number of ether oxygens (including phenoxy) is 1. The first-order chi connectivity index (χ1) is 9.93. The maximum Gasteiger partial charge on any atom is 0.330 e. The van der Waals surface area contributed by atoms with Gasteiger partial charge in [0.1, 0.15) is 6.04 Å². The van der Waals surface area contributed by atoms with E-state index in [4.69, 9.17) is 4.74 Å². The first-order valence-corrected chi connectivity index (χ1v) is 8.76. The third-order valence-corrected chi connectivity index (χ3v) is 4.53. The van der Waals surface area contributed by atoms with E-state index in [2.05, 4.69) is 5.32 Å². The number of hydrogen-bond acceptors (Lipinski definition) is 6. The summed E-state index contributed by atoms with van der Waals surface area (Å²) in [4.78, 5) is 14.2. The zero-order valence-corrected chi connectivity index (χ0v) is 13.0. The lowest BCUT2D eigenvalue weighted by atomic mass is 10.1. The Bertz CT molecular complexity index is 598. The van der Waals surface area contributed by atoms with Gasteiger partial charge in [-0.1, -0.05) is 0 Å². The fraction of sp³-hybridized carbons (Fsp3) is 0.500. The second-order valence-corrected chi connectivity index (χ2v) is 6.95. The zero-order chi connectivity index (χ0) is 15.5. The van der Waals surface area contributed by atoms with Crippen molar-refractivity contribution in [3.63, 3.8) is 0 Å². The predicted octanol–water partition coefficient (Wildman–Crippen LogP) is 0.431. The number of benzene rings is 1. The van der Waals surface area contributed by atoms with Gasteiger partial charge in [-0.15, -0.1) is 0 Å². The van der Waals surface area contributed by atoms with Gasteiger partial charge < -0.3 is 15.0 Å². The van der Waals surface area contributed by atoms with Crippen LogP contribution in [0.5, 0.6) is 0 Å². The van der Waals surface area contributed by atoms with E-state index in [0.717, 1.165) is 12.2 Å². The molecule has 1 unspecified atom stereocenters. The fourth-order valence-corrected chi connectivity index (χ4v) is 2.98. The Kier molecular flexibility index (Phi) is 4.84. The molecule has 1 aromatic rings. The summed E-state index contributed by atoms with van der Waals surface area (Å²) in [6.45, 7) is 4.08. The minimum Gasteiger partial charge on any atom is -0.464 e. The predicted molar refractivity (Wildman–Crippen MR) is 80.2 cm³/mol. The number of carbonyl (C=O) groups is 1. The molecule has 1 aliphatic heterocycles. The van der Waals surface area contributed by atoms with Crippen LogP contribution in [0, 0.1) is 0 Å². The van der Waals surface area contributed by atoms with E-state index in [0.29, 0.717) is 19.7 Å². The summed E-state index contributed by atoms with van der Waals surface area (Å²) >= 11 is 0. The average Bonchev–Trinajstić information content (AvgIpc) is 2.47. The van der Waals surface area contributed by atoms with Crippen LogP contribution in [-0.4, -0.2) is 52.9 Å². The van der Waals surface area contributed by atoms with Crippen LogP contribution in [0.2, 0.25) is 0 Å². The molecule has 0 aliphatic carbocycles. The highest BCUT2D eigenvalue weighted by Crippen LogP contribution is 2.21. The van der Waals surface area contributed by atoms with Crippen LogP contribution in [0.4, 0.5) is 5.69 Å². The van der Waals surface area contributed by atoms with Crippen LogP contribution in [0.1, 0.15) is 6.92 Å². The van der Waals surface area contributed by atoms with Gasteiger partial charge >= 0.3 is 5.97 Å². The maximum atomic E-state index is 12.0. The van der Waals surface area contributed by atoms with Crippen LogP contribution < -0.4 is 10.2 Å². The third-order valence-electron chi connectivity index (χ3n) is 3.40. The monoisotopic (exact) mass is 312 g/mol. The lowest BCUT2D eigenvalue weighted by molar-refractivity contribution is -0.144. The highest BCUT2D eigenvalue weighted by molar-refractivity contribution is 7.90. The summed E-state index contributed by atoms with van der Waals surface area (Å²) < 4.78 is 28.1. The van der Waals surface area contributed by atoms with Crippen LogP contribution in [0.25, 0.3) is 0 Å². The molecule has 1 atom stereocenters. The topological polar surface area (TPSA) is 75.7 Å². The van der Waals surface area contributed by atoms with E-state index >= 15 is 0 Å². The van der Waals surface area contributed by atoms with Crippen molar-refractivity contribution in [1.82, 2.24) is 5.32 Å². The number of nitrogens with zero attached hydrogens (tertiary/aromatic N) is 1. The van der Waals surface area contributed by atoms with Gasteiger partial charge in [-0.05, 0) is 31.2 Å². The van der Waals surface area contributed by atoms with E-state index < -0.39 is 9.84 Å². The lowest BCUT2D eigenvalue weighted by Gasteiger charge is -2.36. The molecule has 6 nitrogen and oxygen atoms in total. The number of nitrogens with one attached hydrogen (secondary N) is 1. The van der Waals surface area contributed by atoms with Gasteiger partial charge in [0, 0.05) is 31.6 Å². The smallest absolute Gasteiger partial charge is 0.330 e. The van der Waals surface area contributed by atoms with E-state index in [1.807, 2.05) is 4.90 Å². The minimum atomic E-state index is -3.21. The molecule has 0 saturated carbocycles. The van der Waals surface area contributed by atoms with Crippen molar-refractivity contribution in [3.05, 3.63) is 24.3 Å². The van der Waals surface area contributed by atoms with Gasteiger partial charge in [-0.3, -0.25) is 0 Å². The van der Waals surface area contributed by atoms with Gasteiger partial charge in [-0.25, -0.2) is 13.2 Å². The number of rotatable bonds is 4. The Morgan fingerprint density at radius 3 is 2.62 bits per heavy atom. The van der Waals surface area contributed by atoms with Gasteiger partial charge in [-0.2, -0.15) is 0 Å². The molecule has 1 aromatic carbocycles. The Balaban J connectivity index is 2.23. The van der Waals surface area contributed by atoms with E-state index in [9.17, 15) is 13.2 Å². The second-order valence-electron chi connectivity index (χ2n) is 4.93. The SMILES string of the molecule is CCOC(=O)C1CNCCN1c1ccc(S(C)(=O)=O)cc1. The van der Waals surface area contributed by atoms with Crippen molar-refractivity contribution < 1.29 is 17.9 Å². The fourth-order valence-electron chi connectivity index (χ4n) is 2.35. The summed E-state index contributed by atoms with van der Waals surface area (Å²) in [7, 11) is -3.21. The molecule has 0 radical (unpaired) electrons. The molecule has 1 saturated heterocycles. The number of sulfone groups is 1. The van der Waals surface area contributed by atoms with Crippen molar-refractivity contribution in [2.75, 3.05) is 37.4 Å². The van der Waals surface area contributed by atoms with Gasteiger partial charge in [0.2, 0.25) is 0 Å². The Morgan fingerprint density at radius 2 is 2.05 bits per heavy atom. The maximum absolute atomic E-state index is 12.0. The number of carbonyl (C=O) groups excluding carboxylic acids is 1. The zero-order valence-electron chi connectivity index (χ0n) is 12.2. The standard InChI is InChI=1S/C14H20N2O4S/c1-3-20-14(17)13-10-15-8-9-16(13)11-4-6-12(7-5-11)21(2,18)19/h4-7,13,15H,3,8-10H2,1-2H3. The Labute approximate surface area is 125 Å². The molecule has 1 heterocycles. The number of piperazine rings is 1. The first kappa shape index (κ1) is 15.8. The van der Waals surface area contributed by atoms with E-state index in [-0.39, 0.29) is 16.9 Å². The van der Waals surface area contributed by atoms with Crippen LogP contribution in [0.15, 0.2) is 29.2 Å². The van der Waals surface area contributed by atoms with Gasteiger partial charge in [0.25, 0.3) is 0 Å². The van der Waals surface area contributed by atoms with Crippen molar-refractivity contribution in [1.29, 1.82) is 0 Å². The number of hydrogen-bond donors (Lipinski definition) is 1. The molecule has 0 bridgehead atoms. The molecule has 0 amide bonds. The molecule has 0 aromatic heterocycles. The number of anilines is 1. The third kappa shape index (κ3) is 3.74. The minimum absolute atomic E-state index is 0.267. The molecule has 21 heavy (non-hydrogen) atoms. The van der Waals surface area contributed by atoms with Crippen LogP contribution >= 0.6 is 0 Å². The van der Waals surface area contributed by atoms with Crippen molar-refractivity contribution >= 4 is 21.5 Å². The second kappa shape index (κ2) is 6.44. The summed E-state index contributed by atoms with van der Waals surface area (Å²) in [6, 6.07) is 6.20. The molecule has 116 valence electrons. The molecule has 7 heteroatoms. The van der Waals surface area contributed by atoms with Crippen LogP contribution in [-0.2, 0) is 19.4 Å². The molecular weight excluding hydrogens is 292 g/mol. The van der Waals surface area contributed by atoms with Crippen LogP contribution in [0.3, 0.4) is 0 Å². The van der Waals surface area contributed by atoms with E-state index in [1.54, 1.807) is 31.2 Å². The van der Waals surface area contributed by atoms with Crippen molar-refractivity contribution in [2.24, 2.45) is 0 Å². The molecule has 2 rings (SSSR count). The summed E-state index contributed by atoms with van der Waals surface area (Å²) in [5, 5.41) is 3.17. The molecular formula is C14H20N2O4S. The summed E-state index contributed by atoms with van der Waals surface area (Å²) in [6.07, 6.45) is 1.17. The lowest BCUT2D eigenvalue weighted by Crippen LogP contribution is -2.55. The van der Waals surface area contributed by atoms with Crippen molar-refractivity contribution in [2.45, 2.75) is 17.9 Å². The largest absolute Gasteiger partial charge is 0.464 e. The quantitative estimate of drug-likeness (QED) is 0.813.